The molecular formula is C18H16ClFN2O2. The molecule has 1 heterocycles. The topological polar surface area (TPSA) is 49.4 Å². The lowest BCUT2D eigenvalue weighted by Gasteiger charge is -2.17. The normalized spacial score (nSPS) is 17.2. The highest BCUT2D eigenvalue weighted by Gasteiger charge is 2.35. The summed E-state index contributed by atoms with van der Waals surface area (Å²) in [6.07, 6.45) is 0.137. The fraction of sp³-hybridized carbons (Fsp3) is 0.222. The van der Waals surface area contributed by atoms with Crippen molar-refractivity contribution >= 4 is 34.8 Å². The number of rotatable bonds is 3. The SMILES string of the molecule is Cc1ccc(N2CC(C(=O)Nc3ccc(F)cc3Cl)CC2=O)cc1. The van der Waals surface area contributed by atoms with Crippen LogP contribution in [0.3, 0.4) is 0 Å². The minimum absolute atomic E-state index is 0.0933. The highest BCUT2D eigenvalue weighted by molar-refractivity contribution is 6.33. The first kappa shape index (κ1) is 16.5. The maximum atomic E-state index is 13.1. The molecule has 3 rings (SSSR count). The van der Waals surface area contributed by atoms with E-state index in [-0.39, 0.29) is 23.3 Å². The molecular weight excluding hydrogens is 331 g/mol. The number of hydrogen-bond acceptors (Lipinski definition) is 2. The summed E-state index contributed by atoms with van der Waals surface area (Å²) >= 11 is 5.92. The lowest BCUT2D eigenvalue weighted by atomic mass is 10.1. The van der Waals surface area contributed by atoms with Crippen molar-refractivity contribution in [1.82, 2.24) is 0 Å². The molecule has 1 aliphatic rings. The number of nitrogens with one attached hydrogen (secondary N) is 1. The molecule has 124 valence electrons. The van der Waals surface area contributed by atoms with Crippen LogP contribution in [0, 0.1) is 18.7 Å². The van der Waals surface area contributed by atoms with Gasteiger partial charge in [-0.15, -0.1) is 0 Å². The molecule has 6 heteroatoms. The van der Waals surface area contributed by atoms with Crippen LogP contribution >= 0.6 is 11.6 Å². The van der Waals surface area contributed by atoms with Crippen LogP contribution in [-0.2, 0) is 9.59 Å². The summed E-state index contributed by atoms with van der Waals surface area (Å²) in [7, 11) is 0. The molecule has 1 unspecified atom stereocenters. The first-order chi connectivity index (χ1) is 11.4. The predicted molar refractivity (Wildman–Crippen MR) is 91.7 cm³/mol. The second-order valence-corrected chi connectivity index (χ2v) is 6.26. The number of amides is 2. The Morgan fingerprint density at radius 2 is 1.96 bits per heavy atom. The summed E-state index contributed by atoms with van der Waals surface area (Å²) in [4.78, 5) is 26.2. The fourth-order valence-electron chi connectivity index (χ4n) is 2.68. The fourth-order valence-corrected chi connectivity index (χ4v) is 2.90. The van der Waals surface area contributed by atoms with Crippen molar-refractivity contribution in [3.63, 3.8) is 0 Å². The van der Waals surface area contributed by atoms with Crippen molar-refractivity contribution in [3.8, 4) is 0 Å². The summed E-state index contributed by atoms with van der Waals surface area (Å²) in [5.41, 5.74) is 2.22. The van der Waals surface area contributed by atoms with Gasteiger partial charge in [0.15, 0.2) is 0 Å². The van der Waals surface area contributed by atoms with E-state index < -0.39 is 11.7 Å². The molecule has 2 aromatic rings. The molecule has 1 atom stereocenters. The number of anilines is 2. The highest BCUT2D eigenvalue weighted by Crippen LogP contribution is 2.28. The molecule has 2 amide bonds. The van der Waals surface area contributed by atoms with E-state index >= 15 is 0 Å². The summed E-state index contributed by atoms with van der Waals surface area (Å²) in [6, 6.07) is 11.3. The van der Waals surface area contributed by atoms with Gasteiger partial charge in [-0.25, -0.2) is 4.39 Å². The van der Waals surface area contributed by atoms with Crippen LogP contribution < -0.4 is 10.2 Å². The van der Waals surface area contributed by atoms with Crippen LogP contribution in [0.1, 0.15) is 12.0 Å². The summed E-state index contributed by atoms with van der Waals surface area (Å²) in [5.74, 6) is -1.34. The van der Waals surface area contributed by atoms with Crippen LogP contribution in [-0.4, -0.2) is 18.4 Å². The van der Waals surface area contributed by atoms with Crippen molar-refractivity contribution in [3.05, 3.63) is 58.9 Å². The van der Waals surface area contributed by atoms with Gasteiger partial charge in [0.2, 0.25) is 11.8 Å². The molecule has 4 nitrogen and oxygen atoms in total. The van der Waals surface area contributed by atoms with Gasteiger partial charge in [0.05, 0.1) is 16.6 Å². The van der Waals surface area contributed by atoms with E-state index in [0.29, 0.717) is 12.2 Å². The Labute approximate surface area is 144 Å². The molecule has 0 spiro atoms. The van der Waals surface area contributed by atoms with Crippen LogP contribution in [0.2, 0.25) is 5.02 Å². The Morgan fingerprint density at radius 1 is 1.25 bits per heavy atom. The zero-order valence-electron chi connectivity index (χ0n) is 13.1. The first-order valence-corrected chi connectivity index (χ1v) is 7.95. The van der Waals surface area contributed by atoms with Gasteiger partial charge in [-0.1, -0.05) is 29.3 Å². The third-order valence-corrected chi connectivity index (χ3v) is 4.34. The summed E-state index contributed by atoms with van der Waals surface area (Å²) in [6.45, 7) is 2.28. The standard InChI is InChI=1S/C18H16ClFN2O2/c1-11-2-5-14(6-3-11)22-10-12(8-17(22)23)18(24)21-16-7-4-13(20)9-15(16)19/h2-7,9,12H,8,10H2,1H3,(H,21,24). The molecule has 0 radical (unpaired) electrons. The monoisotopic (exact) mass is 346 g/mol. The van der Waals surface area contributed by atoms with E-state index in [1.807, 2.05) is 31.2 Å². The molecule has 1 N–H and O–H groups in total. The number of hydrogen-bond donors (Lipinski definition) is 1. The van der Waals surface area contributed by atoms with E-state index in [9.17, 15) is 14.0 Å². The van der Waals surface area contributed by atoms with Crippen LogP contribution in [0.25, 0.3) is 0 Å². The summed E-state index contributed by atoms with van der Waals surface area (Å²) < 4.78 is 13.1. The molecule has 2 aromatic carbocycles. The van der Waals surface area contributed by atoms with Crippen molar-refractivity contribution in [2.75, 3.05) is 16.8 Å². The quantitative estimate of drug-likeness (QED) is 0.919. The van der Waals surface area contributed by atoms with Gasteiger partial charge in [0.25, 0.3) is 0 Å². The van der Waals surface area contributed by atoms with Gasteiger partial charge in [-0.2, -0.15) is 0 Å². The lowest BCUT2D eigenvalue weighted by Crippen LogP contribution is -2.28. The first-order valence-electron chi connectivity index (χ1n) is 7.57. The second-order valence-electron chi connectivity index (χ2n) is 5.85. The molecule has 1 saturated heterocycles. The predicted octanol–water partition coefficient (Wildman–Crippen LogP) is 3.78. The van der Waals surface area contributed by atoms with Crippen LogP contribution in [0.5, 0.6) is 0 Å². The maximum absolute atomic E-state index is 13.1. The van der Waals surface area contributed by atoms with Crippen molar-refractivity contribution in [1.29, 1.82) is 0 Å². The van der Waals surface area contributed by atoms with Gasteiger partial charge in [-0.05, 0) is 37.3 Å². The van der Waals surface area contributed by atoms with Crippen molar-refractivity contribution in [2.45, 2.75) is 13.3 Å². The average molecular weight is 347 g/mol. The zero-order valence-corrected chi connectivity index (χ0v) is 13.8. The van der Waals surface area contributed by atoms with Gasteiger partial charge in [-0.3, -0.25) is 9.59 Å². The third-order valence-electron chi connectivity index (χ3n) is 4.03. The van der Waals surface area contributed by atoms with E-state index in [4.69, 9.17) is 11.6 Å². The zero-order chi connectivity index (χ0) is 17.3. The Balaban J connectivity index is 1.70. The minimum atomic E-state index is -0.473. The molecule has 0 aromatic heterocycles. The molecule has 1 fully saturated rings. The van der Waals surface area contributed by atoms with E-state index in [1.165, 1.54) is 12.1 Å². The number of benzene rings is 2. The van der Waals surface area contributed by atoms with Crippen molar-refractivity contribution in [2.24, 2.45) is 5.92 Å². The van der Waals surface area contributed by atoms with Gasteiger partial charge in [0.1, 0.15) is 5.82 Å². The van der Waals surface area contributed by atoms with Gasteiger partial charge in [0, 0.05) is 18.7 Å². The molecule has 1 aliphatic heterocycles. The average Bonchev–Trinajstić information content (AvgIpc) is 2.93. The Hall–Kier alpha value is -2.40. The number of halogens is 2. The highest BCUT2D eigenvalue weighted by atomic mass is 35.5. The Kier molecular flexibility index (Phi) is 4.53. The van der Waals surface area contributed by atoms with Gasteiger partial charge < -0.3 is 10.2 Å². The number of carbonyl (C=O) groups excluding carboxylic acids is 2. The maximum Gasteiger partial charge on any atom is 0.229 e. The number of carbonyl (C=O) groups is 2. The Bertz CT molecular complexity index is 792. The molecule has 0 saturated carbocycles. The van der Waals surface area contributed by atoms with E-state index in [0.717, 1.165) is 17.3 Å². The molecule has 0 aliphatic carbocycles. The van der Waals surface area contributed by atoms with E-state index in [1.54, 1.807) is 4.90 Å². The third kappa shape index (κ3) is 3.41. The molecule has 0 bridgehead atoms. The lowest BCUT2D eigenvalue weighted by molar-refractivity contribution is -0.122. The van der Waals surface area contributed by atoms with Crippen LogP contribution in [0.4, 0.5) is 15.8 Å². The van der Waals surface area contributed by atoms with Gasteiger partial charge >= 0.3 is 0 Å². The smallest absolute Gasteiger partial charge is 0.229 e. The number of nitrogens with zero attached hydrogens (tertiary/aromatic N) is 1. The second kappa shape index (κ2) is 6.61. The molecule has 24 heavy (non-hydrogen) atoms. The van der Waals surface area contributed by atoms with Crippen molar-refractivity contribution < 1.29 is 14.0 Å². The summed E-state index contributed by atoms with van der Waals surface area (Å²) in [5, 5.41) is 2.79. The van der Waals surface area contributed by atoms with E-state index in [2.05, 4.69) is 5.32 Å². The largest absolute Gasteiger partial charge is 0.324 e. The Morgan fingerprint density at radius 3 is 2.62 bits per heavy atom. The van der Waals surface area contributed by atoms with Crippen LogP contribution in [0.15, 0.2) is 42.5 Å². The number of aryl methyl sites for hydroxylation is 1. The minimum Gasteiger partial charge on any atom is -0.324 e.